The van der Waals surface area contributed by atoms with Crippen LogP contribution in [0.2, 0.25) is 19.1 Å². The minimum absolute atomic E-state index is 0.308. The van der Waals surface area contributed by atoms with Crippen molar-refractivity contribution in [2.45, 2.75) is 70.3 Å². The number of rotatable bonds is 8. The second kappa shape index (κ2) is 8.19. The Morgan fingerprint density at radius 1 is 0.800 bits per heavy atom. The maximum atomic E-state index is 11.8. The summed E-state index contributed by atoms with van der Waals surface area (Å²) in [7, 11) is -0.407. The van der Waals surface area contributed by atoms with E-state index in [9.17, 15) is 13.2 Å². The highest BCUT2D eigenvalue weighted by molar-refractivity contribution is 6.55. The Labute approximate surface area is 92.9 Å². The van der Waals surface area contributed by atoms with E-state index in [0.29, 0.717) is 6.42 Å². The molecule has 92 valence electrons. The van der Waals surface area contributed by atoms with Crippen molar-refractivity contribution in [3.8, 4) is 0 Å². The fourth-order valence-electron chi connectivity index (χ4n) is 1.59. The monoisotopic (exact) mass is 240 g/mol. The lowest BCUT2D eigenvalue weighted by atomic mass is 10.1. The van der Waals surface area contributed by atoms with Gasteiger partial charge < -0.3 is 0 Å². The third-order valence-electron chi connectivity index (χ3n) is 2.49. The average molecular weight is 240 g/mol. The summed E-state index contributed by atoms with van der Waals surface area (Å²) in [5.74, 6) is 0. The number of halogens is 3. The van der Waals surface area contributed by atoms with Crippen molar-refractivity contribution >= 4 is 8.80 Å². The van der Waals surface area contributed by atoms with Gasteiger partial charge in [-0.1, -0.05) is 51.2 Å². The molecule has 15 heavy (non-hydrogen) atoms. The van der Waals surface area contributed by atoms with Gasteiger partial charge in [-0.3, -0.25) is 0 Å². The van der Waals surface area contributed by atoms with E-state index in [1.165, 1.54) is 18.9 Å². The third kappa shape index (κ3) is 14.0. The fourth-order valence-corrected chi connectivity index (χ4v) is 2.69. The number of unbranched alkanes of at least 4 members (excludes halogenated alkanes) is 5. The molecule has 0 aliphatic heterocycles. The molecule has 0 bridgehead atoms. The summed E-state index contributed by atoms with van der Waals surface area (Å²) in [6.07, 6.45) is 1.05. The maximum Gasteiger partial charge on any atom is 0.389 e. The molecule has 0 saturated carbocycles. The van der Waals surface area contributed by atoms with Gasteiger partial charge in [-0.25, -0.2) is 0 Å². The summed E-state index contributed by atoms with van der Waals surface area (Å²) in [6.45, 7) is 4.67. The van der Waals surface area contributed by atoms with Crippen molar-refractivity contribution in [3.05, 3.63) is 0 Å². The van der Waals surface area contributed by atoms with Gasteiger partial charge in [0.1, 0.15) is 0 Å². The van der Waals surface area contributed by atoms with E-state index in [1.807, 2.05) is 0 Å². The highest BCUT2D eigenvalue weighted by atomic mass is 28.3. The van der Waals surface area contributed by atoms with Crippen molar-refractivity contribution < 1.29 is 13.2 Å². The van der Waals surface area contributed by atoms with Gasteiger partial charge in [0.05, 0.1) is 0 Å². The number of hydrogen-bond acceptors (Lipinski definition) is 0. The molecule has 0 fully saturated rings. The van der Waals surface area contributed by atoms with Gasteiger partial charge in [-0.05, 0) is 6.42 Å². The molecular formula is C11H23F3Si. The van der Waals surface area contributed by atoms with Crippen LogP contribution in [0.4, 0.5) is 13.2 Å². The van der Waals surface area contributed by atoms with Crippen LogP contribution in [0, 0.1) is 0 Å². The molecule has 0 spiro atoms. The van der Waals surface area contributed by atoms with E-state index in [1.54, 1.807) is 0 Å². The zero-order valence-electron chi connectivity index (χ0n) is 9.87. The fraction of sp³-hybridized carbons (Fsp3) is 1.00. The molecule has 0 amide bonds. The van der Waals surface area contributed by atoms with Gasteiger partial charge in [-0.2, -0.15) is 13.2 Å². The lowest BCUT2D eigenvalue weighted by Crippen LogP contribution is -2.06. The van der Waals surface area contributed by atoms with Crippen molar-refractivity contribution in [1.82, 2.24) is 0 Å². The van der Waals surface area contributed by atoms with Crippen LogP contribution in [0.1, 0.15) is 44.9 Å². The molecule has 0 aromatic heterocycles. The van der Waals surface area contributed by atoms with E-state index in [4.69, 9.17) is 0 Å². The lowest BCUT2D eigenvalue weighted by Gasteiger charge is -2.06. The highest BCUT2D eigenvalue weighted by Crippen LogP contribution is 2.23. The van der Waals surface area contributed by atoms with Crippen LogP contribution in [0.25, 0.3) is 0 Å². The van der Waals surface area contributed by atoms with Crippen LogP contribution in [-0.2, 0) is 0 Å². The first-order valence-corrected chi connectivity index (χ1v) is 9.11. The van der Waals surface area contributed by atoms with Crippen LogP contribution in [-0.4, -0.2) is 15.0 Å². The molecule has 0 unspecified atom stereocenters. The molecule has 0 radical (unpaired) electrons. The molecule has 0 heterocycles. The minimum Gasteiger partial charge on any atom is -0.171 e. The van der Waals surface area contributed by atoms with Crippen LogP contribution in [0.5, 0.6) is 0 Å². The molecule has 0 rings (SSSR count). The van der Waals surface area contributed by atoms with E-state index in [-0.39, 0.29) is 0 Å². The van der Waals surface area contributed by atoms with Gasteiger partial charge in [0, 0.05) is 15.2 Å². The Bertz CT molecular complexity index is 143. The quantitative estimate of drug-likeness (QED) is 0.423. The molecule has 0 saturated heterocycles. The minimum atomic E-state index is -3.96. The maximum absolute atomic E-state index is 11.8. The first-order chi connectivity index (χ1) is 6.92. The van der Waals surface area contributed by atoms with Gasteiger partial charge in [0.15, 0.2) is 0 Å². The second-order valence-corrected chi connectivity index (χ2v) is 8.03. The van der Waals surface area contributed by atoms with Crippen molar-refractivity contribution in [3.63, 3.8) is 0 Å². The number of hydrogen-bond donors (Lipinski definition) is 0. The second-order valence-electron chi connectivity index (χ2n) is 4.67. The molecule has 4 heteroatoms. The van der Waals surface area contributed by atoms with Crippen molar-refractivity contribution in [2.75, 3.05) is 0 Å². The zero-order chi connectivity index (χ0) is 11.7. The molecule has 0 aliphatic rings. The smallest absolute Gasteiger partial charge is 0.171 e. The molecular weight excluding hydrogens is 217 g/mol. The van der Waals surface area contributed by atoms with Gasteiger partial charge in [0.25, 0.3) is 0 Å². The third-order valence-corrected chi connectivity index (χ3v) is 4.05. The highest BCUT2D eigenvalue weighted by Gasteiger charge is 2.25. The lowest BCUT2D eigenvalue weighted by molar-refractivity contribution is -0.135. The van der Waals surface area contributed by atoms with E-state index in [0.717, 1.165) is 19.3 Å². The molecule has 0 aromatic carbocycles. The van der Waals surface area contributed by atoms with Crippen LogP contribution in [0.15, 0.2) is 0 Å². The van der Waals surface area contributed by atoms with Crippen LogP contribution >= 0.6 is 0 Å². The number of alkyl halides is 3. The van der Waals surface area contributed by atoms with Gasteiger partial charge >= 0.3 is 6.18 Å². The summed E-state index contributed by atoms with van der Waals surface area (Å²) in [5.41, 5.74) is 0. The standard InChI is InChI=1S/C11H23F3Si/c1-15(2)10-8-6-4-3-5-7-9-11(12,13)14/h15H,3-10H2,1-2H3. The molecule has 0 N–H and O–H groups in total. The molecule has 0 nitrogen and oxygen atoms in total. The topological polar surface area (TPSA) is 0 Å². The Kier molecular flexibility index (Phi) is 8.20. The summed E-state index contributed by atoms with van der Waals surface area (Å²) < 4.78 is 35.3. The van der Waals surface area contributed by atoms with Gasteiger partial charge in [-0.15, -0.1) is 0 Å². The zero-order valence-corrected chi connectivity index (χ0v) is 11.0. The molecule has 0 aromatic rings. The summed E-state index contributed by atoms with van der Waals surface area (Å²) in [5, 5.41) is 0. The first kappa shape index (κ1) is 15.0. The Morgan fingerprint density at radius 2 is 1.27 bits per heavy atom. The average Bonchev–Trinajstić information content (AvgIpc) is 2.07. The van der Waals surface area contributed by atoms with Crippen LogP contribution < -0.4 is 0 Å². The predicted octanol–water partition coefficient (Wildman–Crippen LogP) is 4.77. The summed E-state index contributed by atoms with van der Waals surface area (Å²) >= 11 is 0. The Hall–Kier alpha value is 0.00688. The Balaban J connectivity index is 3.06. The first-order valence-electron chi connectivity index (χ1n) is 5.98. The predicted molar refractivity (Wildman–Crippen MR) is 62.1 cm³/mol. The van der Waals surface area contributed by atoms with E-state index >= 15 is 0 Å². The van der Waals surface area contributed by atoms with E-state index < -0.39 is 21.4 Å². The Morgan fingerprint density at radius 3 is 1.73 bits per heavy atom. The van der Waals surface area contributed by atoms with Crippen molar-refractivity contribution in [1.29, 1.82) is 0 Å². The normalized spacial score (nSPS) is 12.4. The van der Waals surface area contributed by atoms with Crippen LogP contribution in [0.3, 0.4) is 0 Å². The van der Waals surface area contributed by atoms with Crippen molar-refractivity contribution in [2.24, 2.45) is 0 Å². The summed E-state index contributed by atoms with van der Waals surface area (Å²) in [4.78, 5) is 0. The molecule has 0 aliphatic carbocycles. The SMILES string of the molecule is C[SiH](C)CCCCCCCCC(F)(F)F. The van der Waals surface area contributed by atoms with Gasteiger partial charge in [0.2, 0.25) is 0 Å². The van der Waals surface area contributed by atoms with E-state index in [2.05, 4.69) is 13.1 Å². The molecule has 0 atom stereocenters. The summed E-state index contributed by atoms with van der Waals surface area (Å²) in [6, 6.07) is 1.38. The largest absolute Gasteiger partial charge is 0.389 e.